The monoisotopic (exact) mass is 323 g/mol. The van der Waals surface area contributed by atoms with Crippen LogP contribution < -0.4 is 5.32 Å². The fourth-order valence-electron chi connectivity index (χ4n) is 1.86. The van der Waals surface area contributed by atoms with Crippen molar-refractivity contribution in [3.63, 3.8) is 0 Å². The summed E-state index contributed by atoms with van der Waals surface area (Å²) in [7, 11) is 2.00. The number of halogens is 1. The van der Waals surface area contributed by atoms with E-state index >= 15 is 0 Å². The van der Waals surface area contributed by atoms with Gasteiger partial charge >= 0.3 is 0 Å². The van der Waals surface area contributed by atoms with Crippen molar-refractivity contribution in [2.75, 3.05) is 7.05 Å². The van der Waals surface area contributed by atoms with Gasteiger partial charge in [0, 0.05) is 3.57 Å². The van der Waals surface area contributed by atoms with Crippen LogP contribution in [0.4, 0.5) is 0 Å². The van der Waals surface area contributed by atoms with Gasteiger partial charge in [-0.05, 0) is 46.8 Å². The molecule has 16 heavy (non-hydrogen) atoms. The maximum atomic E-state index is 3.37. The average molecular weight is 323 g/mol. The van der Waals surface area contributed by atoms with Gasteiger partial charge in [-0.15, -0.1) is 0 Å². The second-order valence-corrected chi connectivity index (χ2v) is 4.82. The fraction of sp³-hybridized carbons (Fsp3) is 0.143. The topological polar surface area (TPSA) is 12.0 Å². The molecule has 2 rings (SSSR count). The first-order valence-electron chi connectivity index (χ1n) is 5.29. The van der Waals surface area contributed by atoms with Crippen LogP contribution in [-0.2, 0) is 0 Å². The van der Waals surface area contributed by atoms with Crippen LogP contribution in [-0.4, -0.2) is 7.05 Å². The largest absolute Gasteiger partial charge is 0.309 e. The Kier molecular flexibility index (Phi) is 3.96. The summed E-state index contributed by atoms with van der Waals surface area (Å²) in [5.74, 6) is 0. The van der Waals surface area contributed by atoms with Crippen LogP contribution in [0.25, 0.3) is 0 Å². The van der Waals surface area contributed by atoms with Gasteiger partial charge in [-0.3, -0.25) is 0 Å². The third-order valence-corrected chi connectivity index (χ3v) is 3.62. The minimum absolute atomic E-state index is 0.273. The van der Waals surface area contributed by atoms with Gasteiger partial charge in [0.15, 0.2) is 0 Å². The number of nitrogens with one attached hydrogen (secondary N) is 1. The molecular formula is C14H14IN. The van der Waals surface area contributed by atoms with Crippen LogP contribution in [0.5, 0.6) is 0 Å². The molecule has 0 fully saturated rings. The molecule has 0 saturated carbocycles. The van der Waals surface area contributed by atoms with Crippen LogP contribution in [0, 0.1) is 3.57 Å². The number of benzene rings is 2. The molecule has 1 nitrogen and oxygen atoms in total. The summed E-state index contributed by atoms with van der Waals surface area (Å²) in [6, 6.07) is 19.3. The predicted octanol–water partition coefficient (Wildman–Crippen LogP) is 3.60. The lowest BCUT2D eigenvalue weighted by molar-refractivity contribution is 0.688. The van der Waals surface area contributed by atoms with Gasteiger partial charge in [0.05, 0.1) is 6.04 Å². The Morgan fingerprint density at radius 3 is 2.19 bits per heavy atom. The summed E-state index contributed by atoms with van der Waals surface area (Å²) in [6.07, 6.45) is 0. The van der Waals surface area contributed by atoms with Gasteiger partial charge in [0.25, 0.3) is 0 Å². The fourth-order valence-corrected chi connectivity index (χ4v) is 2.56. The van der Waals surface area contributed by atoms with Gasteiger partial charge in [-0.1, -0.05) is 48.5 Å². The van der Waals surface area contributed by atoms with Crippen LogP contribution >= 0.6 is 22.6 Å². The van der Waals surface area contributed by atoms with Crippen LogP contribution in [0.3, 0.4) is 0 Å². The molecule has 0 spiro atoms. The van der Waals surface area contributed by atoms with Gasteiger partial charge in [-0.25, -0.2) is 0 Å². The van der Waals surface area contributed by atoms with E-state index in [1.165, 1.54) is 14.7 Å². The molecule has 0 aliphatic heterocycles. The Bertz CT molecular complexity index is 453. The molecule has 0 aliphatic rings. The van der Waals surface area contributed by atoms with Crippen LogP contribution in [0.2, 0.25) is 0 Å². The Morgan fingerprint density at radius 1 is 0.938 bits per heavy atom. The minimum atomic E-state index is 0.273. The zero-order valence-electron chi connectivity index (χ0n) is 9.15. The van der Waals surface area contributed by atoms with E-state index in [2.05, 4.69) is 76.4 Å². The molecule has 0 amide bonds. The van der Waals surface area contributed by atoms with Crippen LogP contribution in [0.1, 0.15) is 17.2 Å². The minimum Gasteiger partial charge on any atom is -0.309 e. The SMILES string of the molecule is CNC(c1ccccc1)c1ccccc1I. The molecule has 1 N–H and O–H groups in total. The highest BCUT2D eigenvalue weighted by atomic mass is 127. The molecule has 0 radical (unpaired) electrons. The van der Waals surface area contributed by atoms with Gasteiger partial charge in [0.1, 0.15) is 0 Å². The molecule has 0 heterocycles. The summed E-state index contributed by atoms with van der Waals surface area (Å²) in [5, 5.41) is 3.37. The molecule has 1 unspecified atom stereocenters. The molecule has 2 aromatic carbocycles. The first-order valence-corrected chi connectivity index (χ1v) is 6.37. The van der Waals surface area contributed by atoms with E-state index in [0.29, 0.717) is 0 Å². The molecular weight excluding hydrogens is 309 g/mol. The molecule has 0 saturated heterocycles. The van der Waals surface area contributed by atoms with Crippen molar-refractivity contribution in [3.05, 3.63) is 69.3 Å². The second-order valence-electron chi connectivity index (χ2n) is 3.65. The Balaban J connectivity index is 2.41. The van der Waals surface area contributed by atoms with Crippen molar-refractivity contribution in [1.82, 2.24) is 5.32 Å². The van der Waals surface area contributed by atoms with E-state index in [0.717, 1.165) is 0 Å². The quantitative estimate of drug-likeness (QED) is 0.851. The van der Waals surface area contributed by atoms with Crippen molar-refractivity contribution in [3.8, 4) is 0 Å². The van der Waals surface area contributed by atoms with Gasteiger partial charge < -0.3 is 5.32 Å². The van der Waals surface area contributed by atoms with Crippen molar-refractivity contribution in [1.29, 1.82) is 0 Å². The van der Waals surface area contributed by atoms with Crippen molar-refractivity contribution in [2.24, 2.45) is 0 Å². The van der Waals surface area contributed by atoms with Gasteiger partial charge in [0.2, 0.25) is 0 Å². The van der Waals surface area contributed by atoms with E-state index in [1.807, 2.05) is 13.1 Å². The molecule has 2 heteroatoms. The molecule has 1 atom stereocenters. The predicted molar refractivity (Wildman–Crippen MR) is 76.5 cm³/mol. The highest BCUT2D eigenvalue weighted by molar-refractivity contribution is 14.1. The van der Waals surface area contributed by atoms with Crippen molar-refractivity contribution in [2.45, 2.75) is 6.04 Å². The van der Waals surface area contributed by atoms with Gasteiger partial charge in [-0.2, -0.15) is 0 Å². The first kappa shape index (κ1) is 11.6. The molecule has 2 aromatic rings. The van der Waals surface area contributed by atoms with E-state index in [9.17, 15) is 0 Å². The number of hydrogen-bond acceptors (Lipinski definition) is 1. The Labute approximate surface area is 110 Å². The number of rotatable bonds is 3. The second kappa shape index (κ2) is 5.46. The maximum Gasteiger partial charge on any atom is 0.0584 e. The van der Waals surface area contributed by atoms with Crippen molar-refractivity contribution >= 4 is 22.6 Å². The number of hydrogen-bond donors (Lipinski definition) is 1. The highest BCUT2D eigenvalue weighted by Crippen LogP contribution is 2.25. The molecule has 0 aromatic heterocycles. The lowest BCUT2D eigenvalue weighted by atomic mass is 9.99. The summed E-state index contributed by atoms with van der Waals surface area (Å²) in [6.45, 7) is 0. The zero-order chi connectivity index (χ0) is 11.4. The third kappa shape index (κ3) is 2.44. The van der Waals surface area contributed by atoms with Crippen LogP contribution in [0.15, 0.2) is 54.6 Å². The lowest BCUT2D eigenvalue weighted by Crippen LogP contribution is -2.18. The summed E-state index contributed by atoms with van der Waals surface area (Å²) in [4.78, 5) is 0. The summed E-state index contributed by atoms with van der Waals surface area (Å²) < 4.78 is 1.29. The summed E-state index contributed by atoms with van der Waals surface area (Å²) in [5.41, 5.74) is 2.63. The normalized spacial score (nSPS) is 12.4. The van der Waals surface area contributed by atoms with E-state index in [-0.39, 0.29) is 6.04 Å². The third-order valence-electron chi connectivity index (χ3n) is 2.64. The Morgan fingerprint density at radius 2 is 1.56 bits per heavy atom. The molecule has 82 valence electrons. The smallest absolute Gasteiger partial charge is 0.0584 e. The average Bonchev–Trinajstić information content (AvgIpc) is 2.34. The standard InChI is InChI=1S/C14H14IN/c1-16-14(11-7-3-2-4-8-11)12-9-5-6-10-13(12)15/h2-10,14,16H,1H3. The zero-order valence-corrected chi connectivity index (χ0v) is 11.3. The maximum absolute atomic E-state index is 3.37. The van der Waals surface area contributed by atoms with E-state index in [1.54, 1.807) is 0 Å². The Hall–Kier alpha value is -0.870. The van der Waals surface area contributed by atoms with Crippen molar-refractivity contribution < 1.29 is 0 Å². The summed E-state index contributed by atoms with van der Waals surface area (Å²) >= 11 is 2.39. The molecule has 0 aliphatic carbocycles. The first-order chi connectivity index (χ1) is 7.83. The van der Waals surface area contributed by atoms with E-state index < -0.39 is 0 Å². The molecule has 0 bridgehead atoms. The highest BCUT2D eigenvalue weighted by Gasteiger charge is 2.13. The van der Waals surface area contributed by atoms with E-state index in [4.69, 9.17) is 0 Å². The lowest BCUT2D eigenvalue weighted by Gasteiger charge is -2.18.